The molecular formula is C14H22N4O2S. The molecule has 0 bridgehead atoms. The Labute approximate surface area is 128 Å². The zero-order chi connectivity index (χ0) is 15.4. The van der Waals surface area contributed by atoms with E-state index in [1.54, 1.807) is 6.92 Å². The maximum Gasteiger partial charge on any atom is 0.265 e. The van der Waals surface area contributed by atoms with Gasteiger partial charge >= 0.3 is 0 Å². The molecule has 1 aliphatic rings. The number of amides is 2. The Kier molecular flexibility index (Phi) is 5.17. The minimum Gasteiger partial charge on any atom is -0.375 e. The third kappa shape index (κ3) is 3.93. The molecule has 0 aliphatic carbocycles. The Morgan fingerprint density at radius 3 is 2.62 bits per heavy atom. The minimum absolute atomic E-state index is 0.0000322. The van der Waals surface area contributed by atoms with Crippen molar-refractivity contribution in [1.29, 1.82) is 0 Å². The van der Waals surface area contributed by atoms with E-state index in [1.807, 2.05) is 11.8 Å². The standard InChI is InChI=1S/C14H22N4O2S/c1-3-4-11(19)17-10-5-7-18(8-6-10)13(20)12-9(2)16-14(15)21-12/h10H,3-8H2,1-2H3,(H2,15,16)(H,17,19). The lowest BCUT2D eigenvalue weighted by Gasteiger charge is -2.32. The molecule has 0 unspecified atom stereocenters. The van der Waals surface area contributed by atoms with E-state index < -0.39 is 0 Å². The van der Waals surface area contributed by atoms with Crippen molar-refractivity contribution in [2.45, 2.75) is 45.6 Å². The van der Waals surface area contributed by atoms with Gasteiger partial charge in [0.25, 0.3) is 5.91 Å². The van der Waals surface area contributed by atoms with Gasteiger partial charge in [0.1, 0.15) is 4.88 Å². The van der Waals surface area contributed by atoms with Crippen LogP contribution in [-0.2, 0) is 4.79 Å². The number of rotatable bonds is 4. The van der Waals surface area contributed by atoms with Gasteiger partial charge in [-0.25, -0.2) is 4.98 Å². The van der Waals surface area contributed by atoms with Crippen molar-refractivity contribution in [3.8, 4) is 0 Å². The highest BCUT2D eigenvalue weighted by atomic mass is 32.1. The van der Waals surface area contributed by atoms with Crippen molar-refractivity contribution >= 4 is 28.3 Å². The number of carbonyl (C=O) groups is 2. The number of piperidine rings is 1. The molecule has 1 aromatic heterocycles. The fraction of sp³-hybridized carbons (Fsp3) is 0.643. The number of nitrogens with two attached hydrogens (primary N) is 1. The van der Waals surface area contributed by atoms with Gasteiger partial charge in [-0.1, -0.05) is 18.3 Å². The van der Waals surface area contributed by atoms with Crippen molar-refractivity contribution < 1.29 is 9.59 Å². The first-order valence-corrected chi connectivity index (χ1v) is 8.14. The summed E-state index contributed by atoms with van der Waals surface area (Å²) < 4.78 is 0. The molecule has 6 nitrogen and oxygen atoms in total. The number of anilines is 1. The van der Waals surface area contributed by atoms with Gasteiger partial charge in [0.15, 0.2) is 5.13 Å². The maximum atomic E-state index is 12.4. The van der Waals surface area contributed by atoms with Gasteiger partial charge in [-0.3, -0.25) is 9.59 Å². The number of aromatic nitrogens is 1. The van der Waals surface area contributed by atoms with Crippen LogP contribution in [0.3, 0.4) is 0 Å². The SMILES string of the molecule is CCCC(=O)NC1CCN(C(=O)c2sc(N)nc2C)CC1. The number of carbonyl (C=O) groups excluding carboxylic acids is 2. The molecule has 116 valence electrons. The summed E-state index contributed by atoms with van der Waals surface area (Å²) in [5.74, 6) is 0.105. The lowest BCUT2D eigenvalue weighted by Crippen LogP contribution is -2.46. The molecule has 0 spiro atoms. The summed E-state index contributed by atoms with van der Waals surface area (Å²) in [6, 6.07) is 0.181. The molecular weight excluding hydrogens is 288 g/mol. The number of likely N-dealkylation sites (tertiary alicyclic amines) is 1. The zero-order valence-electron chi connectivity index (χ0n) is 12.5. The van der Waals surface area contributed by atoms with Gasteiger partial charge in [0.2, 0.25) is 5.91 Å². The van der Waals surface area contributed by atoms with Crippen molar-refractivity contribution in [2.75, 3.05) is 18.8 Å². The molecule has 0 saturated carbocycles. The number of hydrogen-bond acceptors (Lipinski definition) is 5. The van der Waals surface area contributed by atoms with Crippen LogP contribution in [0.4, 0.5) is 5.13 Å². The van der Waals surface area contributed by atoms with E-state index in [1.165, 1.54) is 11.3 Å². The smallest absolute Gasteiger partial charge is 0.265 e. The molecule has 7 heteroatoms. The highest BCUT2D eigenvalue weighted by Crippen LogP contribution is 2.23. The zero-order valence-corrected chi connectivity index (χ0v) is 13.3. The predicted molar refractivity (Wildman–Crippen MR) is 83.2 cm³/mol. The Morgan fingerprint density at radius 1 is 1.43 bits per heavy atom. The minimum atomic E-state index is 0.0000322. The molecule has 1 aromatic rings. The first-order chi connectivity index (χ1) is 10.0. The maximum absolute atomic E-state index is 12.4. The number of nitrogens with one attached hydrogen (secondary N) is 1. The molecule has 2 rings (SSSR count). The fourth-order valence-corrected chi connectivity index (χ4v) is 3.31. The average molecular weight is 310 g/mol. The number of nitrogen functional groups attached to an aromatic ring is 1. The van der Waals surface area contributed by atoms with E-state index in [9.17, 15) is 9.59 Å². The third-order valence-corrected chi connectivity index (χ3v) is 4.61. The Morgan fingerprint density at radius 2 is 2.10 bits per heavy atom. The Bertz CT molecular complexity index is 521. The lowest BCUT2D eigenvalue weighted by atomic mass is 10.0. The first-order valence-electron chi connectivity index (χ1n) is 7.32. The van der Waals surface area contributed by atoms with E-state index in [0.717, 1.165) is 19.3 Å². The molecule has 3 N–H and O–H groups in total. The van der Waals surface area contributed by atoms with Gasteiger partial charge in [0, 0.05) is 25.6 Å². The monoisotopic (exact) mass is 310 g/mol. The fourth-order valence-electron chi connectivity index (χ4n) is 2.51. The molecule has 1 saturated heterocycles. The van der Waals surface area contributed by atoms with Crippen molar-refractivity contribution in [2.24, 2.45) is 0 Å². The summed E-state index contributed by atoms with van der Waals surface area (Å²) in [7, 11) is 0. The van der Waals surface area contributed by atoms with Gasteiger partial charge in [0.05, 0.1) is 5.69 Å². The van der Waals surface area contributed by atoms with E-state index in [-0.39, 0.29) is 17.9 Å². The molecule has 1 aliphatic heterocycles. The second kappa shape index (κ2) is 6.89. The van der Waals surface area contributed by atoms with E-state index in [4.69, 9.17) is 5.73 Å². The Hall–Kier alpha value is -1.63. The highest BCUT2D eigenvalue weighted by Gasteiger charge is 2.26. The number of hydrogen-bond donors (Lipinski definition) is 2. The Balaban J connectivity index is 1.87. The topological polar surface area (TPSA) is 88.3 Å². The second-order valence-corrected chi connectivity index (χ2v) is 6.38. The molecule has 21 heavy (non-hydrogen) atoms. The van der Waals surface area contributed by atoms with E-state index >= 15 is 0 Å². The normalized spacial score (nSPS) is 16.0. The van der Waals surface area contributed by atoms with Crippen LogP contribution in [0.15, 0.2) is 0 Å². The van der Waals surface area contributed by atoms with Gasteiger partial charge in [-0.2, -0.15) is 0 Å². The van der Waals surface area contributed by atoms with Crippen molar-refractivity contribution in [3.05, 3.63) is 10.6 Å². The first kappa shape index (κ1) is 15.8. The van der Waals surface area contributed by atoms with Crippen LogP contribution in [0.25, 0.3) is 0 Å². The average Bonchev–Trinajstić information content (AvgIpc) is 2.78. The summed E-state index contributed by atoms with van der Waals surface area (Å²) in [5.41, 5.74) is 6.34. The second-order valence-electron chi connectivity index (χ2n) is 5.35. The van der Waals surface area contributed by atoms with Crippen LogP contribution in [0.5, 0.6) is 0 Å². The van der Waals surface area contributed by atoms with Crippen LogP contribution >= 0.6 is 11.3 Å². The van der Waals surface area contributed by atoms with Crippen LogP contribution in [0.1, 0.15) is 48.0 Å². The summed E-state index contributed by atoms with van der Waals surface area (Å²) >= 11 is 1.24. The third-order valence-electron chi connectivity index (χ3n) is 3.63. The summed E-state index contributed by atoms with van der Waals surface area (Å²) in [5, 5.41) is 3.46. The molecule has 0 atom stereocenters. The predicted octanol–water partition coefficient (Wildman–Crippen LogP) is 1.55. The summed E-state index contributed by atoms with van der Waals surface area (Å²) in [4.78, 5) is 30.5. The van der Waals surface area contributed by atoms with Gasteiger partial charge < -0.3 is 16.0 Å². The summed E-state index contributed by atoms with van der Waals surface area (Å²) in [6.07, 6.45) is 3.02. The van der Waals surface area contributed by atoms with Gasteiger partial charge in [-0.05, 0) is 26.2 Å². The van der Waals surface area contributed by atoms with Crippen LogP contribution < -0.4 is 11.1 Å². The number of aryl methyl sites for hydroxylation is 1. The number of thiazole rings is 1. The molecule has 0 aromatic carbocycles. The molecule has 0 radical (unpaired) electrons. The highest BCUT2D eigenvalue weighted by molar-refractivity contribution is 7.17. The van der Waals surface area contributed by atoms with Crippen molar-refractivity contribution in [1.82, 2.24) is 15.2 Å². The lowest BCUT2D eigenvalue weighted by molar-refractivity contribution is -0.122. The molecule has 2 amide bonds. The summed E-state index contributed by atoms with van der Waals surface area (Å²) in [6.45, 7) is 5.11. The molecule has 1 fully saturated rings. The van der Waals surface area contributed by atoms with Crippen LogP contribution in [-0.4, -0.2) is 40.8 Å². The number of nitrogens with zero attached hydrogens (tertiary/aromatic N) is 2. The quantitative estimate of drug-likeness (QED) is 0.883. The van der Waals surface area contributed by atoms with E-state index in [0.29, 0.717) is 35.2 Å². The van der Waals surface area contributed by atoms with Crippen LogP contribution in [0, 0.1) is 6.92 Å². The largest absolute Gasteiger partial charge is 0.375 e. The van der Waals surface area contributed by atoms with Crippen molar-refractivity contribution in [3.63, 3.8) is 0 Å². The van der Waals surface area contributed by atoms with Gasteiger partial charge in [-0.15, -0.1) is 0 Å². The van der Waals surface area contributed by atoms with E-state index in [2.05, 4.69) is 10.3 Å². The molecule has 2 heterocycles. The van der Waals surface area contributed by atoms with Crippen LogP contribution in [0.2, 0.25) is 0 Å².